The van der Waals surface area contributed by atoms with E-state index in [4.69, 9.17) is 4.74 Å². The third-order valence-corrected chi connectivity index (χ3v) is 4.06. The van der Waals surface area contributed by atoms with E-state index in [1.54, 1.807) is 11.6 Å². The largest absolute Gasteiger partial charge is 0.375 e. The lowest BCUT2D eigenvalue weighted by Crippen LogP contribution is -2.19. The molecule has 0 radical (unpaired) electrons. The van der Waals surface area contributed by atoms with Crippen LogP contribution in [0, 0.1) is 6.92 Å². The summed E-state index contributed by atoms with van der Waals surface area (Å²) in [5.74, 6) is 0.565. The SMILES string of the molecule is Cc1nc2c(Br)nn([C@H](C)COCc3ccccc3)c2c(=O)[nH]1. The highest BCUT2D eigenvalue weighted by atomic mass is 79.9. The van der Waals surface area contributed by atoms with Gasteiger partial charge in [-0.05, 0) is 35.3 Å². The lowest BCUT2D eigenvalue weighted by atomic mass is 10.2. The van der Waals surface area contributed by atoms with Crippen LogP contribution in [0.5, 0.6) is 0 Å². The average Bonchev–Trinajstić information content (AvgIpc) is 2.86. The first-order chi connectivity index (χ1) is 11.1. The van der Waals surface area contributed by atoms with Crippen LogP contribution >= 0.6 is 15.9 Å². The van der Waals surface area contributed by atoms with E-state index < -0.39 is 0 Å². The topological polar surface area (TPSA) is 72.8 Å². The summed E-state index contributed by atoms with van der Waals surface area (Å²) in [6, 6.07) is 9.88. The molecule has 23 heavy (non-hydrogen) atoms. The monoisotopic (exact) mass is 376 g/mol. The van der Waals surface area contributed by atoms with Crippen LogP contribution in [0.1, 0.15) is 24.4 Å². The van der Waals surface area contributed by atoms with Crippen molar-refractivity contribution in [3.8, 4) is 0 Å². The number of aromatic amines is 1. The highest BCUT2D eigenvalue weighted by Gasteiger charge is 2.18. The van der Waals surface area contributed by atoms with E-state index in [-0.39, 0.29) is 11.6 Å². The second kappa shape index (κ2) is 6.64. The van der Waals surface area contributed by atoms with Crippen molar-refractivity contribution in [2.45, 2.75) is 26.5 Å². The van der Waals surface area contributed by atoms with Crippen molar-refractivity contribution >= 4 is 27.0 Å². The van der Waals surface area contributed by atoms with E-state index in [0.717, 1.165) is 5.56 Å². The summed E-state index contributed by atoms with van der Waals surface area (Å²) in [5.41, 5.74) is 1.95. The number of aryl methyl sites for hydroxylation is 1. The molecule has 120 valence electrons. The summed E-state index contributed by atoms with van der Waals surface area (Å²) in [6.07, 6.45) is 0. The summed E-state index contributed by atoms with van der Waals surface area (Å²) in [6.45, 7) is 4.69. The number of rotatable bonds is 5. The quantitative estimate of drug-likeness (QED) is 0.742. The number of halogens is 1. The Kier molecular flexibility index (Phi) is 4.58. The Labute approximate surface area is 141 Å². The molecule has 0 amide bonds. The third kappa shape index (κ3) is 3.35. The molecule has 0 saturated heterocycles. The molecular weight excluding hydrogens is 360 g/mol. The van der Waals surface area contributed by atoms with Gasteiger partial charge in [0.2, 0.25) is 0 Å². The average molecular weight is 377 g/mol. The van der Waals surface area contributed by atoms with Crippen molar-refractivity contribution in [3.63, 3.8) is 0 Å². The van der Waals surface area contributed by atoms with E-state index >= 15 is 0 Å². The van der Waals surface area contributed by atoms with E-state index in [1.807, 2.05) is 37.3 Å². The number of fused-ring (bicyclic) bond motifs is 1. The van der Waals surface area contributed by atoms with Gasteiger partial charge in [0.05, 0.1) is 19.3 Å². The molecule has 2 heterocycles. The van der Waals surface area contributed by atoms with Crippen LogP contribution < -0.4 is 5.56 Å². The lowest BCUT2D eigenvalue weighted by molar-refractivity contribution is 0.0925. The minimum atomic E-state index is -0.194. The molecule has 3 aromatic rings. The molecule has 0 spiro atoms. The molecule has 0 saturated carbocycles. The van der Waals surface area contributed by atoms with Crippen molar-refractivity contribution < 1.29 is 4.74 Å². The standard InChI is InChI=1S/C16H17BrN4O2/c1-10(8-23-9-12-6-4-3-5-7-12)21-14-13(15(17)20-21)18-11(2)19-16(14)22/h3-7,10H,8-9H2,1-2H3,(H,18,19,22)/t10-/m1/s1. The zero-order valence-corrected chi connectivity index (χ0v) is 14.5. The smallest absolute Gasteiger partial charge is 0.277 e. The van der Waals surface area contributed by atoms with Crippen molar-refractivity contribution in [2.24, 2.45) is 0 Å². The molecule has 6 nitrogen and oxygen atoms in total. The zero-order chi connectivity index (χ0) is 16.4. The van der Waals surface area contributed by atoms with Crippen LogP contribution in [0.25, 0.3) is 11.0 Å². The highest BCUT2D eigenvalue weighted by Crippen LogP contribution is 2.22. The number of H-pyrrole nitrogens is 1. The molecule has 0 aliphatic heterocycles. The molecule has 1 aromatic carbocycles. The Morgan fingerprint density at radius 1 is 1.35 bits per heavy atom. The number of aromatic nitrogens is 4. The maximum absolute atomic E-state index is 12.2. The molecule has 0 aliphatic carbocycles. The maximum Gasteiger partial charge on any atom is 0.277 e. The lowest BCUT2D eigenvalue weighted by Gasteiger charge is -2.13. The van der Waals surface area contributed by atoms with Gasteiger partial charge in [-0.3, -0.25) is 9.48 Å². The fourth-order valence-corrected chi connectivity index (χ4v) is 2.89. The number of nitrogens with zero attached hydrogens (tertiary/aromatic N) is 3. The van der Waals surface area contributed by atoms with Crippen molar-refractivity contribution in [1.82, 2.24) is 19.7 Å². The normalized spacial score (nSPS) is 12.7. The molecule has 1 N–H and O–H groups in total. The second-order valence-electron chi connectivity index (χ2n) is 5.43. The van der Waals surface area contributed by atoms with Crippen LogP contribution in [0.2, 0.25) is 0 Å². The molecule has 0 fully saturated rings. The van der Waals surface area contributed by atoms with Crippen LogP contribution in [0.4, 0.5) is 0 Å². The van der Waals surface area contributed by atoms with Gasteiger partial charge in [-0.2, -0.15) is 5.10 Å². The number of benzene rings is 1. The third-order valence-electron chi connectivity index (χ3n) is 3.52. The molecule has 3 rings (SSSR count). The van der Waals surface area contributed by atoms with Gasteiger partial charge in [0.1, 0.15) is 11.3 Å². The Morgan fingerprint density at radius 3 is 2.83 bits per heavy atom. The van der Waals surface area contributed by atoms with Gasteiger partial charge < -0.3 is 9.72 Å². The van der Waals surface area contributed by atoms with Gasteiger partial charge in [-0.15, -0.1) is 0 Å². The van der Waals surface area contributed by atoms with Crippen molar-refractivity contribution in [1.29, 1.82) is 0 Å². The summed E-state index contributed by atoms with van der Waals surface area (Å²) < 4.78 is 7.98. The Bertz CT molecular complexity index is 873. The number of hydrogen-bond acceptors (Lipinski definition) is 4. The highest BCUT2D eigenvalue weighted by molar-refractivity contribution is 9.10. The van der Waals surface area contributed by atoms with Crippen LogP contribution in [0.3, 0.4) is 0 Å². The fourth-order valence-electron chi connectivity index (χ4n) is 2.44. The van der Waals surface area contributed by atoms with Crippen molar-refractivity contribution in [3.05, 3.63) is 56.7 Å². The van der Waals surface area contributed by atoms with E-state index in [2.05, 4.69) is 31.0 Å². The van der Waals surface area contributed by atoms with Gasteiger partial charge in [-0.1, -0.05) is 30.3 Å². The summed E-state index contributed by atoms with van der Waals surface area (Å²) >= 11 is 3.37. The molecule has 7 heteroatoms. The molecular formula is C16H17BrN4O2. The molecule has 0 unspecified atom stereocenters. The van der Waals surface area contributed by atoms with E-state index in [1.165, 1.54) is 0 Å². The first-order valence-electron chi connectivity index (χ1n) is 7.32. The maximum atomic E-state index is 12.2. The second-order valence-corrected chi connectivity index (χ2v) is 6.18. The fraction of sp³-hybridized carbons (Fsp3) is 0.312. The first-order valence-corrected chi connectivity index (χ1v) is 8.12. The van der Waals surface area contributed by atoms with Gasteiger partial charge in [0, 0.05) is 0 Å². The summed E-state index contributed by atoms with van der Waals surface area (Å²) in [5, 5.41) is 4.39. The van der Waals surface area contributed by atoms with E-state index in [0.29, 0.717) is 34.7 Å². The van der Waals surface area contributed by atoms with Crippen LogP contribution in [-0.2, 0) is 11.3 Å². The Morgan fingerprint density at radius 2 is 2.09 bits per heavy atom. The number of hydrogen-bond donors (Lipinski definition) is 1. The van der Waals surface area contributed by atoms with Crippen molar-refractivity contribution in [2.75, 3.05) is 6.61 Å². The first kappa shape index (κ1) is 15.9. The molecule has 2 aromatic heterocycles. The van der Waals surface area contributed by atoms with Gasteiger partial charge in [0.25, 0.3) is 5.56 Å². The van der Waals surface area contributed by atoms with Crippen LogP contribution in [0.15, 0.2) is 39.7 Å². The zero-order valence-electron chi connectivity index (χ0n) is 12.9. The van der Waals surface area contributed by atoms with E-state index in [9.17, 15) is 4.79 Å². The molecule has 1 atom stereocenters. The summed E-state index contributed by atoms with van der Waals surface area (Å²) in [4.78, 5) is 19.3. The predicted molar refractivity (Wildman–Crippen MR) is 91.4 cm³/mol. The molecule has 0 aliphatic rings. The number of ether oxygens (including phenoxy) is 1. The Hall–Kier alpha value is -1.99. The summed E-state index contributed by atoms with van der Waals surface area (Å²) in [7, 11) is 0. The minimum absolute atomic E-state index is 0.0851. The predicted octanol–water partition coefficient (Wildman–Crippen LogP) is 2.97. The van der Waals surface area contributed by atoms with Gasteiger partial charge in [-0.25, -0.2) is 4.98 Å². The minimum Gasteiger partial charge on any atom is -0.375 e. The Balaban J connectivity index is 1.79. The van der Waals surface area contributed by atoms with Gasteiger partial charge in [0.15, 0.2) is 10.1 Å². The molecule has 0 bridgehead atoms. The van der Waals surface area contributed by atoms with Crippen LogP contribution in [-0.4, -0.2) is 26.4 Å². The van der Waals surface area contributed by atoms with Gasteiger partial charge >= 0.3 is 0 Å². The number of nitrogens with one attached hydrogen (secondary N) is 1.